The van der Waals surface area contributed by atoms with Gasteiger partial charge in [0.25, 0.3) is 0 Å². The second-order valence-corrected chi connectivity index (χ2v) is 5.38. The highest BCUT2D eigenvalue weighted by Crippen LogP contribution is 2.21. The third-order valence-corrected chi connectivity index (χ3v) is 3.54. The summed E-state index contributed by atoms with van der Waals surface area (Å²) in [5, 5.41) is 10.2. The van der Waals surface area contributed by atoms with Gasteiger partial charge in [0, 0.05) is 38.4 Å². The van der Waals surface area contributed by atoms with E-state index in [9.17, 15) is 4.79 Å². The van der Waals surface area contributed by atoms with E-state index in [0.29, 0.717) is 19.7 Å². The largest absolute Gasteiger partial charge is 0.370 e. The molecule has 0 aliphatic carbocycles. The van der Waals surface area contributed by atoms with Crippen molar-refractivity contribution in [1.82, 2.24) is 25.3 Å². The van der Waals surface area contributed by atoms with E-state index in [-0.39, 0.29) is 42.5 Å². The number of likely N-dealkylation sites (N-methyl/N-ethyl adjacent to an activating group) is 1. The summed E-state index contributed by atoms with van der Waals surface area (Å²) in [7, 11) is 1.89. The van der Waals surface area contributed by atoms with Crippen molar-refractivity contribution in [2.75, 3.05) is 39.3 Å². The van der Waals surface area contributed by atoms with Crippen molar-refractivity contribution in [3.63, 3.8) is 0 Å². The summed E-state index contributed by atoms with van der Waals surface area (Å²) >= 11 is 0. The summed E-state index contributed by atoms with van der Waals surface area (Å²) in [6.07, 6.45) is 3.76. The molecule has 1 amide bonds. The van der Waals surface area contributed by atoms with Crippen LogP contribution in [0.1, 0.15) is 25.5 Å². The maximum absolute atomic E-state index is 11.6. The van der Waals surface area contributed by atoms with Crippen LogP contribution in [0, 0.1) is 0 Å². The molecule has 1 fully saturated rings. The minimum atomic E-state index is -0.0695. The molecule has 136 valence electrons. The number of halogens is 1. The zero-order valence-corrected chi connectivity index (χ0v) is 16.8. The van der Waals surface area contributed by atoms with Gasteiger partial charge in [0.2, 0.25) is 5.91 Å². The van der Waals surface area contributed by atoms with Gasteiger partial charge >= 0.3 is 0 Å². The molecular formula is C15H27IN6O2. The molecule has 1 unspecified atom stereocenters. The zero-order chi connectivity index (χ0) is 16.7. The molecule has 0 radical (unpaired) electrons. The van der Waals surface area contributed by atoms with Crippen LogP contribution in [-0.2, 0) is 16.6 Å². The lowest BCUT2D eigenvalue weighted by Crippen LogP contribution is -2.48. The highest BCUT2D eigenvalue weighted by Gasteiger charge is 2.25. The van der Waals surface area contributed by atoms with E-state index < -0.39 is 0 Å². The average Bonchev–Trinajstić information content (AvgIpc) is 2.98. The quantitative estimate of drug-likeness (QED) is 0.388. The molecule has 2 heterocycles. The fourth-order valence-electron chi connectivity index (χ4n) is 2.48. The summed E-state index contributed by atoms with van der Waals surface area (Å²) in [6.45, 7) is 7.46. The first-order chi connectivity index (χ1) is 11.1. The number of aromatic nitrogens is 2. The lowest BCUT2D eigenvalue weighted by Gasteiger charge is -2.34. The summed E-state index contributed by atoms with van der Waals surface area (Å²) < 4.78 is 7.61. The van der Waals surface area contributed by atoms with E-state index >= 15 is 0 Å². The Morgan fingerprint density at radius 3 is 2.79 bits per heavy atom. The monoisotopic (exact) mass is 450 g/mol. The molecule has 1 aromatic rings. The first kappa shape index (κ1) is 20.7. The Morgan fingerprint density at radius 1 is 1.42 bits per heavy atom. The van der Waals surface area contributed by atoms with Gasteiger partial charge < -0.3 is 20.3 Å². The van der Waals surface area contributed by atoms with Crippen LogP contribution in [0.2, 0.25) is 0 Å². The van der Waals surface area contributed by atoms with Crippen LogP contribution in [0.4, 0.5) is 0 Å². The fraction of sp³-hybridized carbons (Fsp3) is 0.667. The molecule has 1 aliphatic rings. The van der Waals surface area contributed by atoms with Crippen LogP contribution in [0.15, 0.2) is 17.4 Å². The van der Waals surface area contributed by atoms with Crippen LogP contribution in [0.3, 0.4) is 0 Å². The van der Waals surface area contributed by atoms with E-state index in [4.69, 9.17) is 4.74 Å². The van der Waals surface area contributed by atoms with Crippen molar-refractivity contribution >= 4 is 35.8 Å². The number of nitrogens with zero attached hydrogens (tertiary/aromatic N) is 4. The van der Waals surface area contributed by atoms with Gasteiger partial charge in [-0.25, -0.2) is 4.99 Å². The van der Waals surface area contributed by atoms with Crippen molar-refractivity contribution in [2.24, 2.45) is 12.0 Å². The second-order valence-electron chi connectivity index (χ2n) is 5.38. The van der Waals surface area contributed by atoms with Crippen LogP contribution in [-0.4, -0.2) is 65.9 Å². The van der Waals surface area contributed by atoms with Crippen molar-refractivity contribution in [1.29, 1.82) is 0 Å². The zero-order valence-electron chi connectivity index (χ0n) is 14.5. The number of carbonyl (C=O) groups excluding carboxylic acids is 1. The Labute approximate surface area is 160 Å². The third-order valence-electron chi connectivity index (χ3n) is 3.54. The molecule has 0 bridgehead atoms. The number of morpholine rings is 1. The van der Waals surface area contributed by atoms with E-state index in [2.05, 4.69) is 25.6 Å². The van der Waals surface area contributed by atoms with Crippen LogP contribution >= 0.6 is 24.0 Å². The molecule has 2 rings (SSSR count). The first-order valence-electron chi connectivity index (χ1n) is 8.04. The number of ether oxygens (including phenoxy) is 1. The Morgan fingerprint density at radius 2 is 2.17 bits per heavy atom. The third kappa shape index (κ3) is 5.93. The molecule has 24 heavy (non-hydrogen) atoms. The van der Waals surface area contributed by atoms with Crippen molar-refractivity contribution in [3.05, 3.63) is 18.0 Å². The predicted molar refractivity (Wildman–Crippen MR) is 104 cm³/mol. The number of nitrogens with one attached hydrogen (secondary N) is 2. The van der Waals surface area contributed by atoms with Crippen molar-refractivity contribution in [2.45, 2.75) is 20.0 Å². The smallest absolute Gasteiger partial charge is 0.241 e. The average molecular weight is 450 g/mol. The molecule has 0 aromatic carbocycles. The Bertz CT molecular complexity index is 548. The highest BCUT2D eigenvalue weighted by atomic mass is 127. The van der Waals surface area contributed by atoms with Gasteiger partial charge in [-0.3, -0.25) is 9.48 Å². The minimum absolute atomic E-state index is 0. The summed E-state index contributed by atoms with van der Waals surface area (Å²) in [4.78, 5) is 18.2. The number of amides is 1. The second kappa shape index (κ2) is 10.5. The maximum Gasteiger partial charge on any atom is 0.241 e. The van der Waals surface area contributed by atoms with Crippen molar-refractivity contribution in [3.8, 4) is 0 Å². The molecule has 2 N–H and O–H groups in total. The molecule has 1 aromatic heterocycles. The molecule has 0 saturated carbocycles. The Hall–Kier alpha value is -1.36. The van der Waals surface area contributed by atoms with Crippen LogP contribution in [0.5, 0.6) is 0 Å². The number of hydrogen-bond acceptors (Lipinski definition) is 4. The van der Waals surface area contributed by atoms with E-state index in [1.807, 2.05) is 33.3 Å². The lowest BCUT2D eigenvalue weighted by molar-refractivity contribution is -0.119. The lowest BCUT2D eigenvalue weighted by atomic mass is 10.1. The standard InChI is InChI=1S/C15H26N6O2.HI/c1-4-16-14(22)9-18-15(17-5-2)21-6-7-23-13(11-21)12-8-19-20(3)10-12;/h8,10,13H,4-7,9,11H2,1-3H3,(H,16,22)(H,17,18);1H. The predicted octanol–water partition coefficient (Wildman–Crippen LogP) is 0.513. The highest BCUT2D eigenvalue weighted by molar-refractivity contribution is 14.0. The summed E-state index contributed by atoms with van der Waals surface area (Å²) in [5.41, 5.74) is 1.05. The molecule has 8 nitrogen and oxygen atoms in total. The fourth-order valence-corrected chi connectivity index (χ4v) is 2.48. The minimum Gasteiger partial charge on any atom is -0.370 e. The topological polar surface area (TPSA) is 83.8 Å². The molecule has 1 saturated heterocycles. The normalized spacial score (nSPS) is 18.0. The van der Waals surface area contributed by atoms with Gasteiger partial charge in [0.05, 0.1) is 19.3 Å². The van der Waals surface area contributed by atoms with Crippen LogP contribution in [0.25, 0.3) is 0 Å². The van der Waals surface area contributed by atoms with Gasteiger partial charge in [-0.15, -0.1) is 24.0 Å². The number of aryl methyl sites for hydroxylation is 1. The molecule has 1 atom stereocenters. The van der Waals surface area contributed by atoms with Gasteiger partial charge in [-0.2, -0.15) is 5.10 Å². The first-order valence-corrected chi connectivity index (χ1v) is 8.04. The number of aliphatic imine (C=N–C) groups is 1. The Kier molecular flexibility index (Phi) is 9.04. The number of guanidine groups is 1. The number of hydrogen-bond donors (Lipinski definition) is 2. The molecule has 1 aliphatic heterocycles. The van der Waals surface area contributed by atoms with Gasteiger partial charge in [-0.1, -0.05) is 0 Å². The van der Waals surface area contributed by atoms with Gasteiger partial charge in [0.1, 0.15) is 12.6 Å². The number of carbonyl (C=O) groups is 1. The summed E-state index contributed by atoms with van der Waals surface area (Å²) in [5.74, 6) is 0.677. The SMILES string of the molecule is CCNC(=O)CN=C(NCC)N1CCOC(c2cnn(C)c2)C1.I. The van der Waals surface area contributed by atoms with Gasteiger partial charge in [0.15, 0.2) is 5.96 Å². The van der Waals surface area contributed by atoms with E-state index in [0.717, 1.165) is 24.6 Å². The molecule has 9 heteroatoms. The maximum atomic E-state index is 11.6. The Balaban J connectivity index is 0.00000288. The summed E-state index contributed by atoms with van der Waals surface area (Å²) in [6, 6.07) is 0. The van der Waals surface area contributed by atoms with Gasteiger partial charge in [-0.05, 0) is 13.8 Å². The molecule has 0 spiro atoms. The van der Waals surface area contributed by atoms with Crippen molar-refractivity contribution < 1.29 is 9.53 Å². The van der Waals surface area contributed by atoms with E-state index in [1.165, 1.54) is 0 Å². The van der Waals surface area contributed by atoms with Crippen LogP contribution < -0.4 is 10.6 Å². The van der Waals surface area contributed by atoms with E-state index in [1.54, 1.807) is 4.68 Å². The number of rotatable bonds is 5. The molecular weight excluding hydrogens is 423 g/mol.